The molecule has 108 valence electrons. The van der Waals surface area contributed by atoms with Gasteiger partial charge in [0.05, 0.1) is 24.9 Å². The molecule has 1 fully saturated rings. The minimum absolute atomic E-state index is 0.571. The van der Waals surface area contributed by atoms with Crippen LogP contribution >= 0.6 is 0 Å². The van der Waals surface area contributed by atoms with Crippen LogP contribution in [0.15, 0.2) is 20.9 Å². The van der Waals surface area contributed by atoms with Gasteiger partial charge in [0.15, 0.2) is 6.23 Å². The fourth-order valence-corrected chi connectivity index (χ4v) is 1.96. The minimum Gasteiger partial charge on any atom is -0.394 e. The van der Waals surface area contributed by atoms with E-state index in [9.17, 15) is 19.1 Å². The predicted octanol–water partition coefficient (Wildman–Crippen LogP) is -1.39. The highest BCUT2D eigenvalue weighted by atomic mass is 19.1. The van der Waals surface area contributed by atoms with Gasteiger partial charge < -0.3 is 14.9 Å². The van der Waals surface area contributed by atoms with E-state index in [0.717, 1.165) is 0 Å². The van der Waals surface area contributed by atoms with Crippen molar-refractivity contribution in [3.05, 3.63) is 43.3 Å². The fourth-order valence-electron chi connectivity index (χ4n) is 1.96. The largest absolute Gasteiger partial charge is 0.394 e. The van der Waals surface area contributed by atoms with E-state index in [-0.39, 0.29) is 0 Å². The van der Waals surface area contributed by atoms with Crippen LogP contribution in [0.1, 0.15) is 6.23 Å². The second kappa shape index (κ2) is 5.43. The summed E-state index contributed by atoms with van der Waals surface area (Å²) in [5.41, 5.74) is 6.18. The number of aromatic amines is 1. The second-order valence-electron chi connectivity index (χ2n) is 4.08. The number of hydrogen-bond acceptors (Lipinski definition) is 6. The molecule has 0 aliphatic carbocycles. The third-order valence-corrected chi connectivity index (χ3v) is 2.90. The molecule has 10 nitrogen and oxygen atoms in total. The summed E-state index contributed by atoms with van der Waals surface area (Å²) in [5.74, 6) is -1.24. The van der Waals surface area contributed by atoms with Gasteiger partial charge in [0, 0.05) is 4.91 Å². The van der Waals surface area contributed by atoms with Gasteiger partial charge in [-0.2, -0.15) is 4.39 Å². The number of aliphatic hydroxyl groups is 2. The normalized spacial score (nSPS) is 29.1. The third kappa shape index (κ3) is 2.30. The second-order valence-corrected chi connectivity index (χ2v) is 4.08. The molecule has 0 saturated carbocycles. The first-order valence-electron chi connectivity index (χ1n) is 5.49. The van der Waals surface area contributed by atoms with Crippen LogP contribution in [0.5, 0.6) is 0 Å². The summed E-state index contributed by atoms with van der Waals surface area (Å²) in [4.78, 5) is 26.7. The molecular formula is C9H10FN5O5. The standard InChI is InChI=1S/C9H10FN5O5/c10-3-1-15(9(19)12-7(3)18)8-6(17)5(13-14-11)4(2-16)20-8/h1,4-6,8,16-17H,2H2,(H,12,18,19)/t4-,5+,6-,8-/m0/s1. The number of aromatic nitrogens is 2. The molecule has 2 heterocycles. The zero-order valence-electron chi connectivity index (χ0n) is 9.88. The Morgan fingerprint density at radius 1 is 1.60 bits per heavy atom. The van der Waals surface area contributed by atoms with E-state index in [2.05, 4.69) is 10.0 Å². The average molecular weight is 287 g/mol. The summed E-state index contributed by atoms with van der Waals surface area (Å²) in [6.45, 7) is -0.572. The van der Waals surface area contributed by atoms with Crippen LogP contribution < -0.4 is 11.2 Å². The van der Waals surface area contributed by atoms with E-state index in [4.69, 9.17) is 15.4 Å². The molecule has 3 N–H and O–H groups in total. The monoisotopic (exact) mass is 287 g/mol. The van der Waals surface area contributed by atoms with Gasteiger partial charge in [-0.15, -0.1) is 0 Å². The molecule has 2 rings (SSSR count). The Hall–Kier alpha value is -2.20. The molecule has 0 unspecified atom stereocenters. The molecule has 4 atom stereocenters. The summed E-state index contributed by atoms with van der Waals surface area (Å²) in [6.07, 6.45) is -3.34. The number of aliphatic hydroxyl groups excluding tert-OH is 2. The molecular weight excluding hydrogens is 277 g/mol. The summed E-state index contributed by atoms with van der Waals surface area (Å²) in [7, 11) is 0. The molecule has 0 spiro atoms. The van der Waals surface area contributed by atoms with Gasteiger partial charge in [-0.05, 0) is 5.53 Å². The quantitative estimate of drug-likeness (QED) is 0.354. The van der Waals surface area contributed by atoms with Crippen LogP contribution in [0.3, 0.4) is 0 Å². The van der Waals surface area contributed by atoms with Gasteiger partial charge in [-0.25, -0.2) is 4.79 Å². The lowest BCUT2D eigenvalue weighted by atomic mass is 10.1. The van der Waals surface area contributed by atoms with E-state index in [1.807, 2.05) is 0 Å². The zero-order chi connectivity index (χ0) is 14.9. The SMILES string of the molecule is [N-]=[N+]=N[C@H]1[C@H](O)[C@@H](n2cc(F)c(=O)[nH]c2=O)O[C@H]1CO. The van der Waals surface area contributed by atoms with Crippen molar-refractivity contribution in [2.75, 3.05) is 6.61 Å². The lowest BCUT2D eigenvalue weighted by Crippen LogP contribution is -2.38. The Bertz CT molecular complexity index is 665. The van der Waals surface area contributed by atoms with Crippen molar-refractivity contribution in [1.82, 2.24) is 9.55 Å². The topological polar surface area (TPSA) is 153 Å². The predicted molar refractivity (Wildman–Crippen MR) is 61.2 cm³/mol. The summed E-state index contributed by atoms with van der Waals surface area (Å²) < 4.78 is 19.0. The zero-order valence-corrected chi connectivity index (χ0v) is 9.88. The highest BCUT2D eigenvalue weighted by molar-refractivity contribution is 4.97. The summed E-state index contributed by atoms with van der Waals surface area (Å²) >= 11 is 0. The average Bonchev–Trinajstić information content (AvgIpc) is 2.72. The first-order valence-corrected chi connectivity index (χ1v) is 5.49. The van der Waals surface area contributed by atoms with Gasteiger partial charge >= 0.3 is 5.69 Å². The van der Waals surface area contributed by atoms with Crippen LogP contribution in [0, 0.1) is 5.82 Å². The van der Waals surface area contributed by atoms with E-state index in [0.29, 0.717) is 10.8 Å². The number of hydrogen-bond donors (Lipinski definition) is 3. The number of H-pyrrole nitrogens is 1. The molecule has 0 bridgehead atoms. The Morgan fingerprint density at radius 2 is 2.30 bits per heavy atom. The number of rotatable bonds is 3. The van der Waals surface area contributed by atoms with E-state index in [1.165, 1.54) is 0 Å². The van der Waals surface area contributed by atoms with Gasteiger partial charge in [-0.1, -0.05) is 5.11 Å². The maximum Gasteiger partial charge on any atom is 0.330 e. The molecule has 1 aromatic rings. The minimum atomic E-state index is -1.48. The number of halogens is 1. The molecule has 1 saturated heterocycles. The molecule has 11 heteroatoms. The first kappa shape index (κ1) is 14.2. The number of azide groups is 1. The van der Waals surface area contributed by atoms with Crippen molar-refractivity contribution in [3.8, 4) is 0 Å². The third-order valence-electron chi connectivity index (χ3n) is 2.90. The van der Waals surface area contributed by atoms with E-state index < -0.39 is 48.2 Å². The summed E-state index contributed by atoms with van der Waals surface area (Å²) in [5, 5.41) is 22.3. The van der Waals surface area contributed by atoms with Gasteiger partial charge in [0.2, 0.25) is 5.82 Å². The van der Waals surface area contributed by atoms with Crippen molar-refractivity contribution < 1.29 is 19.3 Å². The van der Waals surface area contributed by atoms with Crippen LogP contribution in [0.25, 0.3) is 10.4 Å². The van der Waals surface area contributed by atoms with Crippen LogP contribution in [0.4, 0.5) is 4.39 Å². The fraction of sp³-hybridized carbons (Fsp3) is 0.556. The van der Waals surface area contributed by atoms with E-state index in [1.54, 1.807) is 4.98 Å². The van der Waals surface area contributed by atoms with Gasteiger partial charge in [0.25, 0.3) is 5.56 Å². The summed E-state index contributed by atoms with van der Waals surface area (Å²) in [6, 6.07) is -1.14. The van der Waals surface area contributed by atoms with Crippen molar-refractivity contribution in [1.29, 1.82) is 0 Å². The van der Waals surface area contributed by atoms with Crippen LogP contribution in [-0.2, 0) is 4.74 Å². The Kier molecular flexibility index (Phi) is 3.86. The molecule has 0 amide bonds. The maximum atomic E-state index is 13.2. The Balaban J connectivity index is 2.44. The van der Waals surface area contributed by atoms with Crippen molar-refractivity contribution in [2.45, 2.75) is 24.5 Å². The number of nitrogens with zero attached hydrogens (tertiary/aromatic N) is 4. The molecule has 20 heavy (non-hydrogen) atoms. The van der Waals surface area contributed by atoms with E-state index >= 15 is 0 Å². The Morgan fingerprint density at radius 3 is 2.90 bits per heavy atom. The van der Waals surface area contributed by atoms with Crippen LogP contribution in [-0.4, -0.2) is 44.6 Å². The molecule has 0 aromatic carbocycles. The molecule has 1 aliphatic rings. The van der Waals surface area contributed by atoms with Gasteiger partial charge in [-0.3, -0.25) is 14.3 Å². The molecule has 1 aromatic heterocycles. The lowest BCUT2D eigenvalue weighted by Gasteiger charge is -2.17. The number of ether oxygens (including phenoxy) is 1. The first-order chi connectivity index (χ1) is 9.49. The highest BCUT2D eigenvalue weighted by Crippen LogP contribution is 2.30. The van der Waals surface area contributed by atoms with Crippen LogP contribution in [0.2, 0.25) is 0 Å². The van der Waals surface area contributed by atoms with Crippen molar-refractivity contribution in [2.24, 2.45) is 5.11 Å². The smallest absolute Gasteiger partial charge is 0.330 e. The Labute approximate surface area is 109 Å². The maximum absolute atomic E-state index is 13.2. The lowest BCUT2D eigenvalue weighted by molar-refractivity contribution is -0.0536. The molecule has 1 aliphatic heterocycles. The molecule has 0 radical (unpaired) electrons. The van der Waals surface area contributed by atoms with Gasteiger partial charge in [0.1, 0.15) is 6.10 Å². The van der Waals surface area contributed by atoms with Crippen molar-refractivity contribution in [3.63, 3.8) is 0 Å². The number of nitrogens with one attached hydrogen (secondary N) is 1. The van der Waals surface area contributed by atoms with Crippen molar-refractivity contribution >= 4 is 0 Å². The highest BCUT2D eigenvalue weighted by Gasteiger charge is 2.44.